The second kappa shape index (κ2) is 11.4. The molecule has 11 heteroatoms. The Morgan fingerprint density at radius 1 is 1.18 bits per heavy atom. The van der Waals surface area contributed by atoms with E-state index in [2.05, 4.69) is 20.9 Å². The summed E-state index contributed by atoms with van der Waals surface area (Å²) in [5, 5.41) is 8.93. The lowest BCUT2D eigenvalue weighted by atomic mass is 9.95. The predicted molar refractivity (Wildman–Crippen MR) is 145 cm³/mol. The molecule has 4 rings (SSSR count). The Balaban J connectivity index is 1.88. The topological polar surface area (TPSA) is 116 Å². The summed E-state index contributed by atoms with van der Waals surface area (Å²) in [6, 6.07) is 10.2. The first-order valence-electron chi connectivity index (χ1n) is 11.6. The van der Waals surface area contributed by atoms with Crippen LogP contribution in [0.5, 0.6) is 11.5 Å². The summed E-state index contributed by atoms with van der Waals surface area (Å²) in [4.78, 5) is 42.7. The minimum absolute atomic E-state index is 0.197. The maximum atomic E-state index is 13.8. The molecule has 2 heterocycles. The number of aliphatic carboxylic acids is 1. The molecule has 0 saturated carbocycles. The van der Waals surface area contributed by atoms with E-state index in [0.29, 0.717) is 36.4 Å². The average Bonchev–Trinajstić information content (AvgIpc) is 3.18. The van der Waals surface area contributed by atoms with E-state index in [1.165, 1.54) is 23.0 Å². The van der Waals surface area contributed by atoms with Crippen LogP contribution in [0.15, 0.2) is 61.9 Å². The van der Waals surface area contributed by atoms with Crippen LogP contribution in [-0.2, 0) is 14.3 Å². The Morgan fingerprint density at radius 2 is 1.89 bits per heavy atom. The third-order valence-electron chi connectivity index (χ3n) is 5.83. The van der Waals surface area contributed by atoms with E-state index in [-0.39, 0.29) is 17.9 Å². The predicted octanol–water partition coefficient (Wildman–Crippen LogP) is 3.34. The molecular weight excluding hydrogens is 576 g/mol. The Kier molecular flexibility index (Phi) is 8.17. The van der Waals surface area contributed by atoms with E-state index in [4.69, 9.17) is 19.3 Å². The largest absolute Gasteiger partial charge is 0.493 e. The summed E-state index contributed by atoms with van der Waals surface area (Å²) < 4.78 is 18.5. The number of rotatable bonds is 8. The maximum absolute atomic E-state index is 13.8. The lowest BCUT2D eigenvalue weighted by molar-refractivity contribution is -0.140. The zero-order valence-electron chi connectivity index (χ0n) is 21.1. The molecule has 3 aromatic rings. The van der Waals surface area contributed by atoms with Crippen molar-refractivity contribution in [2.75, 3.05) is 20.3 Å². The van der Waals surface area contributed by atoms with Crippen LogP contribution in [0.2, 0.25) is 0 Å². The van der Waals surface area contributed by atoms with Gasteiger partial charge in [-0.25, -0.2) is 14.6 Å². The van der Waals surface area contributed by atoms with Crippen molar-refractivity contribution in [2.45, 2.75) is 26.8 Å². The fraction of sp³-hybridized carbons (Fsp3) is 0.259. The quantitative estimate of drug-likeness (QED) is 0.394. The molecule has 0 radical (unpaired) electrons. The smallest absolute Gasteiger partial charge is 0.341 e. The number of nitrogens with zero attached hydrogens (tertiary/aromatic N) is 2. The Hall–Kier alpha value is -3.70. The van der Waals surface area contributed by atoms with Crippen LogP contribution in [0, 0.1) is 6.92 Å². The number of carboxylic acid groups (broad SMARTS) is 1. The molecule has 38 heavy (non-hydrogen) atoms. The van der Waals surface area contributed by atoms with Gasteiger partial charge in [-0.1, -0.05) is 57.1 Å². The number of esters is 1. The second-order valence-electron chi connectivity index (χ2n) is 8.42. The summed E-state index contributed by atoms with van der Waals surface area (Å²) in [5.74, 6) is -1.08. The van der Waals surface area contributed by atoms with E-state index < -0.39 is 24.6 Å². The third kappa shape index (κ3) is 5.44. The number of carbonyl (C=O) groups excluding carboxylic acids is 1. The number of hydrogen-bond acceptors (Lipinski definition) is 8. The van der Waals surface area contributed by atoms with Crippen molar-refractivity contribution in [3.05, 3.63) is 88.5 Å². The lowest BCUT2D eigenvalue weighted by Gasteiger charge is -2.24. The number of carboxylic acids is 1. The summed E-state index contributed by atoms with van der Waals surface area (Å²) in [7, 11) is 1.44. The first-order valence-corrected chi connectivity index (χ1v) is 13.2. The van der Waals surface area contributed by atoms with Crippen LogP contribution in [0.25, 0.3) is 6.08 Å². The van der Waals surface area contributed by atoms with Gasteiger partial charge in [-0.05, 0) is 50.1 Å². The SMILES string of the molecule is CCOC(=O)C1=C(C)N=c2s/c(=C/c3cc(OC)c(OCC(=O)O)cc3Br)c(=O)n2[C@@H]1c1ccc(C)cc1. The minimum Gasteiger partial charge on any atom is -0.493 e. The van der Waals surface area contributed by atoms with Gasteiger partial charge >= 0.3 is 11.9 Å². The van der Waals surface area contributed by atoms with Gasteiger partial charge in [0.15, 0.2) is 22.9 Å². The Morgan fingerprint density at radius 3 is 2.53 bits per heavy atom. The van der Waals surface area contributed by atoms with Gasteiger partial charge in [0.1, 0.15) is 0 Å². The van der Waals surface area contributed by atoms with Crippen molar-refractivity contribution < 1.29 is 28.9 Å². The Labute approximate surface area is 230 Å². The first-order chi connectivity index (χ1) is 18.1. The van der Waals surface area contributed by atoms with Crippen molar-refractivity contribution in [3.63, 3.8) is 0 Å². The van der Waals surface area contributed by atoms with Crippen LogP contribution < -0.4 is 24.4 Å². The third-order valence-corrected chi connectivity index (χ3v) is 7.50. The van der Waals surface area contributed by atoms with Crippen LogP contribution in [0.3, 0.4) is 0 Å². The molecule has 0 spiro atoms. The number of allylic oxidation sites excluding steroid dienone is 1. The molecule has 1 aromatic heterocycles. The number of benzene rings is 2. The molecule has 0 bridgehead atoms. The number of hydrogen-bond donors (Lipinski definition) is 1. The number of aromatic nitrogens is 1. The van der Waals surface area contributed by atoms with E-state index >= 15 is 0 Å². The normalized spacial score (nSPS) is 15.1. The summed E-state index contributed by atoms with van der Waals surface area (Å²) in [6.07, 6.45) is 1.69. The fourth-order valence-electron chi connectivity index (χ4n) is 4.07. The van der Waals surface area contributed by atoms with E-state index in [9.17, 15) is 14.4 Å². The number of carbonyl (C=O) groups is 2. The molecule has 1 atom stereocenters. The van der Waals surface area contributed by atoms with E-state index in [1.54, 1.807) is 32.1 Å². The molecule has 2 aromatic carbocycles. The zero-order chi connectivity index (χ0) is 27.6. The maximum Gasteiger partial charge on any atom is 0.341 e. The highest BCUT2D eigenvalue weighted by molar-refractivity contribution is 9.10. The molecule has 0 fully saturated rings. The van der Waals surface area contributed by atoms with Crippen LogP contribution >= 0.6 is 27.3 Å². The van der Waals surface area contributed by atoms with Gasteiger partial charge in [-0.15, -0.1) is 0 Å². The molecule has 0 saturated heterocycles. The summed E-state index contributed by atoms with van der Waals surface area (Å²) in [6.45, 7) is 5.10. The molecule has 198 valence electrons. The standard InChI is InChI=1S/C27H25BrN2O7S/c1-5-36-26(34)23-15(3)29-27-30(24(23)16-8-6-14(2)7-9-16)25(33)21(38-27)11-17-10-19(35-4)20(12-18(17)28)37-13-22(31)32/h6-12,24H,5,13H2,1-4H3,(H,31,32)/b21-11+/t24-/m1/s1. The number of thiazole rings is 1. The number of ether oxygens (including phenoxy) is 3. The highest BCUT2D eigenvalue weighted by Gasteiger charge is 2.33. The zero-order valence-corrected chi connectivity index (χ0v) is 23.5. The molecular formula is C27H25BrN2O7S. The van der Waals surface area contributed by atoms with Crippen LogP contribution in [0.4, 0.5) is 0 Å². The Bertz CT molecular complexity index is 1620. The number of halogens is 1. The molecule has 0 amide bonds. The minimum atomic E-state index is -1.12. The van der Waals surface area contributed by atoms with Gasteiger partial charge in [-0.2, -0.15) is 0 Å². The van der Waals surface area contributed by atoms with Gasteiger partial charge in [0.25, 0.3) is 5.56 Å². The monoisotopic (exact) mass is 600 g/mol. The van der Waals surface area contributed by atoms with Crippen molar-refractivity contribution in [2.24, 2.45) is 4.99 Å². The first kappa shape index (κ1) is 27.3. The highest BCUT2D eigenvalue weighted by atomic mass is 79.9. The van der Waals surface area contributed by atoms with Gasteiger partial charge in [0, 0.05) is 4.47 Å². The molecule has 1 N–H and O–H groups in total. The lowest BCUT2D eigenvalue weighted by Crippen LogP contribution is -2.39. The number of methoxy groups -OCH3 is 1. The summed E-state index contributed by atoms with van der Waals surface area (Å²) >= 11 is 4.67. The van der Waals surface area contributed by atoms with Gasteiger partial charge in [0.05, 0.1) is 35.6 Å². The number of fused-ring (bicyclic) bond motifs is 1. The van der Waals surface area contributed by atoms with E-state index in [1.807, 2.05) is 31.2 Å². The number of aryl methyl sites for hydroxylation is 1. The molecule has 1 aliphatic heterocycles. The van der Waals surface area contributed by atoms with Crippen molar-refractivity contribution in [1.29, 1.82) is 0 Å². The van der Waals surface area contributed by atoms with Crippen LogP contribution in [-0.4, -0.2) is 41.9 Å². The molecule has 1 aliphatic rings. The highest BCUT2D eigenvalue weighted by Crippen LogP contribution is 2.34. The fourth-order valence-corrected chi connectivity index (χ4v) is 5.54. The van der Waals surface area contributed by atoms with Crippen molar-refractivity contribution in [3.8, 4) is 11.5 Å². The van der Waals surface area contributed by atoms with Crippen molar-refractivity contribution in [1.82, 2.24) is 4.57 Å². The van der Waals surface area contributed by atoms with Crippen LogP contribution in [0.1, 0.15) is 36.6 Å². The molecule has 0 unspecified atom stereocenters. The van der Waals surface area contributed by atoms with Gasteiger partial charge < -0.3 is 19.3 Å². The summed E-state index contributed by atoms with van der Waals surface area (Å²) in [5.41, 5.74) is 2.92. The average molecular weight is 601 g/mol. The van der Waals surface area contributed by atoms with Crippen molar-refractivity contribution >= 4 is 45.3 Å². The molecule has 0 aliphatic carbocycles. The van der Waals surface area contributed by atoms with Gasteiger partial charge in [-0.3, -0.25) is 9.36 Å². The second-order valence-corrected chi connectivity index (χ2v) is 10.3. The molecule has 9 nitrogen and oxygen atoms in total. The van der Waals surface area contributed by atoms with Gasteiger partial charge in [0.2, 0.25) is 0 Å². The van der Waals surface area contributed by atoms with E-state index in [0.717, 1.165) is 11.1 Å².